The van der Waals surface area contributed by atoms with Crippen LogP contribution in [0.5, 0.6) is 0 Å². The molecule has 0 aliphatic heterocycles. The Morgan fingerprint density at radius 1 is 0.950 bits per heavy atom. The number of hydrogen-bond acceptors (Lipinski definition) is 1. The summed E-state index contributed by atoms with van der Waals surface area (Å²) in [6, 6.07) is 3.70. The van der Waals surface area contributed by atoms with E-state index < -0.39 is 29.2 Å². The number of aromatic amines is 1. The van der Waals surface area contributed by atoms with Gasteiger partial charge in [0.15, 0.2) is 0 Å². The first-order valence-electron chi connectivity index (χ1n) is 5.16. The van der Waals surface area contributed by atoms with Gasteiger partial charge in [-0.2, -0.15) is 26.3 Å². The van der Waals surface area contributed by atoms with Gasteiger partial charge in [-0.1, -0.05) is 6.07 Å². The van der Waals surface area contributed by atoms with Gasteiger partial charge in [-0.15, -0.1) is 0 Å². The topological polar surface area (TPSA) is 37.8 Å². The third kappa shape index (κ3) is 2.70. The Morgan fingerprint density at radius 2 is 1.60 bits per heavy atom. The van der Waals surface area contributed by atoms with Crippen LogP contribution in [-0.2, 0) is 12.4 Å². The number of alkyl halides is 6. The molecule has 0 spiro atoms. The molecular formula is C11H6F6N2O. The van der Waals surface area contributed by atoms with Gasteiger partial charge in [0.05, 0.1) is 11.3 Å². The van der Waals surface area contributed by atoms with E-state index in [9.17, 15) is 31.1 Å². The number of halogens is 6. The lowest BCUT2D eigenvalue weighted by Crippen LogP contribution is -2.15. The maximum atomic E-state index is 12.5. The Morgan fingerprint density at radius 3 is 2.10 bits per heavy atom. The van der Waals surface area contributed by atoms with Crippen LogP contribution < -0.4 is 5.56 Å². The van der Waals surface area contributed by atoms with E-state index in [2.05, 4.69) is 0 Å². The van der Waals surface area contributed by atoms with E-state index >= 15 is 0 Å². The molecule has 0 saturated heterocycles. The van der Waals surface area contributed by atoms with Crippen LogP contribution in [0, 0.1) is 0 Å². The van der Waals surface area contributed by atoms with Crippen molar-refractivity contribution in [2.24, 2.45) is 0 Å². The van der Waals surface area contributed by atoms with Crippen LogP contribution in [0.1, 0.15) is 11.3 Å². The van der Waals surface area contributed by atoms with E-state index in [0.29, 0.717) is 10.7 Å². The highest BCUT2D eigenvalue weighted by molar-refractivity contribution is 5.36. The minimum atomic E-state index is -4.79. The lowest BCUT2D eigenvalue weighted by atomic mass is 10.2. The summed E-state index contributed by atoms with van der Waals surface area (Å²) in [5, 5.41) is 1.73. The molecule has 0 aliphatic carbocycles. The molecule has 1 heterocycles. The summed E-state index contributed by atoms with van der Waals surface area (Å²) in [5.41, 5.74) is -3.83. The Balaban J connectivity index is 2.53. The Bertz CT molecular complexity index is 679. The van der Waals surface area contributed by atoms with Crippen molar-refractivity contribution >= 4 is 0 Å². The fraction of sp³-hybridized carbons (Fsp3) is 0.182. The maximum Gasteiger partial charge on any atom is 0.432 e. The van der Waals surface area contributed by atoms with Gasteiger partial charge in [0, 0.05) is 6.07 Å². The zero-order valence-electron chi connectivity index (χ0n) is 9.51. The van der Waals surface area contributed by atoms with E-state index in [4.69, 9.17) is 0 Å². The molecule has 0 radical (unpaired) electrons. The molecule has 1 aromatic heterocycles. The number of nitrogens with zero attached hydrogens (tertiary/aromatic N) is 1. The first-order chi connectivity index (χ1) is 9.09. The van der Waals surface area contributed by atoms with Crippen molar-refractivity contribution in [1.29, 1.82) is 0 Å². The summed E-state index contributed by atoms with van der Waals surface area (Å²) in [6.07, 6.45) is -9.44. The lowest BCUT2D eigenvalue weighted by Gasteiger charge is -2.09. The van der Waals surface area contributed by atoms with Crippen LogP contribution in [-0.4, -0.2) is 9.78 Å². The van der Waals surface area contributed by atoms with Crippen LogP contribution in [0.2, 0.25) is 0 Å². The third-order valence-corrected chi connectivity index (χ3v) is 2.46. The second-order valence-electron chi connectivity index (χ2n) is 3.89. The number of hydrogen-bond donors (Lipinski definition) is 1. The molecule has 20 heavy (non-hydrogen) atoms. The number of H-pyrrole nitrogens is 1. The van der Waals surface area contributed by atoms with E-state index in [1.807, 2.05) is 0 Å². The van der Waals surface area contributed by atoms with Crippen molar-refractivity contribution in [3.05, 3.63) is 51.9 Å². The van der Waals surface area contributed by atoms with Crippen molar-refractivity contribution in [3.8, 4) is 5.69 Å². The average molecular weight is 296 g/mol. The van der Waals surface area contributed by atoms with Gasteiger partial charge >= 0.3 is 12.4 Å². The second kappa shape index (κ2) is 4.43. The normalized spacial score (nSPS) is 12.7. The molecule has 0 bridgehead atoms. The van der Waals surface area contributed by atoms with Gasteiger partial charge in [0.1, 0.15) is 5.69 Å². The van der Waals surface area contributed by atoms with Crippen LogP contribution in [0.15, 0.2) is 35.1 Å². The quantitative estimate of drug-likeness (QED) is 0.806. The molecule has 2 aromatic rings. The van der Waals surface area contributed by atoms with Crippen molar-refractivity contribution < 1.29 is 26.3 Å². The highest BCUT2D eigenvalue weighted by atomic mass is 19.4. The molecule has 0 atom stereocenters. The SMILES string of the molecule is O=c1cc(C(F)(F)F)[nH]n1-c1cccc(C(F)(F)F)c1. The zero-order chi connectivity index (χ0) is 15.1. The van der Waals surface area contributed by atoms with Gasteiger partial charge in [-0.3, -0.25) is 9.89 Å². The summed E-state index contributed by atoms with van der Waals surface area (Å²) in [7, 11) is 0. The Kier molecular flexibility index (Phi) is 3.15. The van der Waals surface area contributed by atoms with Crippen LogP contribution in [0.4, 0.5) is 26.3 Å². The minimum Gasteiger partial charge on any atom is -0.286 e. The fourth-order valence-electron chi connectivity index (χ4n) is 1.55. The Hall–Kier alpha value is -2.19. The zero-order valence-corrected chi connectivity index (χ0v) is 9.51. The summed E-state index contributed by atoms with van der Waals surface area (Å²) in [6.45, 7) is 0. The van der Waals surface area contributed by atoms with Crippen LogP contribution >= 0.6 is 0 Å². The van der Waals surface area contributed by atoms with Gasteiger partial charge < -0.3 is 0 Å². The van der Waals surface area contributed by atoms with Crippen LogP contribution in [0.3, 0.4) is 0 Å². The predicted molar refractivity (Wildman–Crippen MR) is 56.4 cm³/mol. The lowest BCUT2D eigenvalue weighted by molar-refractivity contribution is -0.141. The molecule has 108 valence electrons. The van der Waals surface area contributed by atoms with Gasteiger partial charge in [0.2, 0.25) is 0 Å². The van der Waals surface area contributed by atoms with E-state index in [-0.39, 0.29) is 11.8 Å². The molecule has 0 saturated carbocycles. The molecule has 0 amide bonds. The molecule has 0 aliphatic rings. The molecule has 1 N–H and O–H groups in total. The molecule has 9 heteroatoms. The molecular weight excluding hydrogens is 290 g/mol. The molecule has 0 unspecified atom stereocenters. The van der Waals surface area contributed by atoms with E-state index in [1.165, 1.54) is 0 Å². The number of rotatable bonds is 1. The highest BCUT2D eigenvalue weighted by Crippen LogP contribution is 2.30. The average Bonchev–Trinajstić information content (AvgIpc) is 2.70. The summed E-state index contributed by atoms with van der Waals surface area (Å²) in [4.78, 5) is 11.4. The van der Waals surface area contributed by atoms with Gasteiger partial charge in [-0.05, 0) is 18.2 Å². The smallest absolute Gasteiger partial charge is 0.286 e. The van der Waals surface area contributed by atoms with Crippen molar-refractivity contribution in [2.75, 3.05) is 0 Å². The van der Waals surface area contributed by atoms with Crippen LogP contribution in [0.25, 0.3) is 5.69 Å². The molecule has 3 nitrogen and oxygen atoms in total. The third-order valence-electron chi connectivity index (χ3n) is 2.46. The van der Waals surface area contributed by atoms with Crippen molar-refractivity contribution in [1.82, 2.24) is 9.78 Å². The van der Waals surface area contributed by atoms with E-state index in [1.54, 1.807) is 5.10 Å². The van der Waals surface area contributed by atoms with Gasteiger partial charge in [-0.25, -0.2) is 4.68 Å². The number of aromatic nitrogens is 2. The molecule has 1 aromatic carbocycles. The van der Waals surface area contributed by atoms with E-state index in [0.717, 1.165) is 18.2 Å². The largest absolute Gasteiger partial charge is 0.432 e. The monoisotopic (exact) mass is 296 g/mol. The summed E-state index contributed by atoms with van der Waals surface area (Å²) < 4.78 is 75.1. The molecule has 2 rings (SSSR count). The first kappa shape index (κ1) is 14.2. The van der Waals surface area contributed by atoms with Crippen molar-refractivity contribution in [3.63, 3.8) is 0 Å². The fourth-order valence-corrected chi connectivity index (χ4v) is 1.55. The number of benzene rings is 1. The van der Waals surface area contributed by atoms with Gasteiger partial charge in [0.25, 0.3) is 5.56 Å². The first-order valence-corrected chi connectivity index (χ1v) is 5.16. The maximum absolute atomic E-state index is 12.5. The summed E-state index contributed by atoms with van der Waals surface area (Å²) >= 11 is 0. The highest BCUT2D eigenvalue weighted by Gasteiger charge is 2.34. The second-order valence-corrected chi connectivity index (χ2v) is 3.89. The number of nitrogens with one attached hydrogen (secondary N) is 1. The predicted octanol–water partition coefficient (Wildman–Crippen LogP) is 3.20. The Labute approximate surface area is 107 Å². The minimum absolute atomic E-state index is 0.278. The molecule has 0 fully saturated rings. The summed E-state index contributed by atoms with van der Waals surface area (Å²) in [5.74, 6) is 0. The standard InChI is InChI=1S/C11H6F6N2O/c12-10(13,14)6-2-1-3-7(4-6)19-9(20)5-8(18-19)11(15,16)17/h1-5,18H. The van der Waals surface area contributed by atoms with Crippen molar-refractivity contribution in [2.45, 2.75) is 12.4 Å².